The number of nitrogens with zero attached hydrogens (tertiary/aromatic N) is 1. The third-order valence-electron chi connectivity index (χ3n) is 4.72. The summed E-state index contributed by atoms with van der Waals surface area (Å²) < 4.78 is 17.3. The summed E-state index contributed by atoms with van der Waals surface area (Å²) in [5.74, 6) is 0.402. The lowest BCUT2D eigenvalue weighted by molar-refractivity contribution is -0.0683. The largest absolute Gasteiger partial charge is 0.481 e. The van der Waals surface area contributed by atoms with Crippen LogP contribution in [0.5, 0.6) is 5.88 Å². The first kappa shape index (κ1) is 21.9. The number of ether oxygens (including phenoxy) is 3. The first-order chi connectivity index (χ1) is 14.7. The molecule has 30 heavy (non-hydrogen) atoms. The number of rotatable bonds is 11. The van der Waals surface area contributed by atoms with Gasteiger partial charge in [0, 0.05) is 11.8 Å². The van der Waals surface area contributed by atoms with Gasteiger partial charge >= 0.3 is 0 Å². The molecule has 2 aromatic carbocycles. The minimum atomic E-state index is -1.10. The van der Waals surface area contributed by atoms with E-state index in [0.29, 0.717) is 23.6 Å². The van der Waals surface area contributed by atoms with Crippen molar-refractivity contribution >= 4 is 0 Å². The number of aliphatic hydroxyl groups excluding tert-OH is 2. The number of hydrogen-bond donors (Lipinski definition) is 2. The van der Waals surface area contributed by atoms with Crippen LogP contribution in [0.1, 0.15) is 28.4 Å². The highest BCUT2D eigenvalue weighted by molar-refractivity contribution is 5.36. The Labute approximate surface area is 176 Å². The molecule has 0 saturated heterocycles. The molecule has 0 aliphatic carbocycles. The van der Waals surface area contributed by atoms with Gasteiger partial charge in [-0.05, 0) is 22.8 Å². The van der Waals surface area contributed by atoms with Crippen LogP contribution in [0.25, 0.3) is 0 Å². The van der Waals surface area contributed by atoms with Crippen LogP contribution in [0.3, 0.4) is 0 Å². The van der Waals surface area contributed by atoms with E-state index in [0.717, 1.165) is 11.1 Å². The maximum atomic E-state index is 10.5. The van der Waals surface area contributed by atoms with E-state index in [1.807, 2.05) is 60.7 Å². The molecule has 1 aromatic heterocycles. The summed E-state index contributed by atoms with van der Waals surface area (Å²) in [6, 6.07) is 21.3. The topological polar surface area (TPSA) is 81.0 Å². The van der Waals surface area contributed by atoms with Crippen LogP contribution in [0.15, 0.2) is 72.9 Å². The van der Waals surface area contributed by atoms with Gasteiger partial charge in [0.1, 0.15) is 12.2 Å². The van der Waals surface area contributed by atoms with Crippen molar-refractivity contribution in [2.75, 3.05) is 13.7 Å². The zero-order valence-corrected chi connectivity index (χ0v) is 17.0. The summed E-state index contributed by atoms with van der Waals surface area (Å²) in [5, 5.41) is 20.1. The molecule has 0 aliphatic heterocycles. The molecule has 0 radical (unpaired) electrons. The highest BCUT2D eigenvalue weighted by Crippen LogP contribution is 2.31. The second-order valence-electron chi connectivity index (χ2n) is 6.83. The van der Waals surface area contributed by atoms with Crippen molar-refractivity contribution in [1.29, 1.82) is 0 Å². The van der Waals surface area contributed by atoms with Gasteiger partial charge in [0.15, 0.2) is 0 Å². The van der Waals surface area contributed by atoms with E-state index in [4.69, 9.17) is 14.2 Å². The third kappa shape index (κ3) is 5.87. The number of pyridine rings is 1. The lowest BCUT2D eigenvalue weighted by Crippen LogP contribution is -2.26. The van der Waals surface area contributed by atoms with E-state index in [-0.39, 0.29) is 13.2 Å². The van der Waals surface area contributed by atoms with Crippen LogP contribution >= 0.6 is 0 Å². The molecule has 2 unspecified atom stereocenters. The van der Waals surface area contributed by atoms with Crippen molar-refractivity contribution < 1.29 is 24.4 Å². The summed E-state index contributed by atoms with van der Waals surface area (Å²) in [6.45, 7) is 0.507. The van der Waals surface area contributed by atoms with Gasteiger partial charge in [-0.3, -0.25) is 0 Å². The SMILES string of the molecule is COc1nccc(C(OCc2ccccc2)C(O)CO)c1COCc1ccccc1. The minimum Gasteiger partial charge on any atom is -0.481 e. The van der Waals surface area contributed by atoms with E-state index in [1.165, 1.54) is 7.11 Å². The zero-order chi connectivity index (χ0) is 21.2. The second-order valence-corrected chi connectivity index (χ2v) is 6.83. The number of benzene rings is 2. The van der Waals surface area contributed by atoms with Crippen LogP contribution in [-0.4, -0.2) is 35.0 Å². The van der Waals surface area contributed by atoms with Gasteiger partial charge in [-0.25, -0.2) is 4.98 Å². The lowest BCUT2D eigenvalue weighted by atomic mass is 10.00. The number of aliphatic hydroxyl groups is 2. The predicted octanol–water partition coefficient (Wildman–Crippen LogP) is 3.42. The first-order valence-corrected chi connectivity index (χ1v) is 9.80. The summed E-state index contributed by atoms with van der Waals surface area (Å²) in [7, 11) is 1.54. The Balaban J connectivity index is 1.80. The van der Waals surface area contributed by atoms with Gasteiger partial charge in [-0.1, -0.05) is 60.7 Å². The average Bonchev–Trinajstić information content (AvgIpc) is 2.81. The van der Waals surface area contributed by atoms with Gasteiger partial charge in [0.2, 0.25) is 5.88 Å². The van der Waals surface area contributed by atoms with E-state index in [9.17, 15) is 10.2 Å². The Hall–Kier alpha value is -2.77. The summed E-state index contributed by atoms with van der Waals surface area (Å²) in [4.78, 5) is 4.27. The second kappa shape index (κ2) is 11.4. The van der Waals surface area contributed by atoms with Crippen molar-refractivity contribution in [1.82, 2.24) is 4.98 Å². The fraction of sp³-hybridized carbons (Fsp3) is 0.292. The molecule has 158 valence electrons. The van der Waals surface area contributed by atoms with Gasteiger partial charge in [-0.2, -0.15) is 0 Å². The monoisotopic (exact) mass is 409 g/mol. The molecule has 0 saturated carbocycles. The number of aromatic nitrogens is 1. The van der Waals surface area contributed by atoms with Crippen LogP contribution in [0.2, 0.25) is 0 Å². The van der Waals surface area contributed by atoms with E-state index in [1.54, 1.807) is 12.3 Å². The number of hydrogen-bond acceptors (Lipinski definition) is 6. The smallest absolute Gasteiger partial charge is 0.218 e. The Bertz CT molecular complexity index is 889. The number of methoxy groups -OCH3 is 1. The molecule has 0 aliphatic rings. The molecule has 6 nitrogen and oxygen atoms in total. The van der Waals surface area contributed by atoms with Crippen molar-refractivity contribution in [2.45, 2.75) is 32.0 Å². The van der Waals surface area contributed by atoms with Crippen molar-refractivity contribution in [2.24, 2.45) is 0 Å². The molecule has 3 aromatic rings. The Morgan fingerprint density at radius 2 is 1.50 bits per heavy atom. The maximum absolute atomic E-state index is 10.5. The molecular formula is C24H27NO5. The normalized spacial score (nSPS) is 13.0. The van der Waals surface area contributed by atoms with E-state index >= 15 is 0 Å². The molecule has 6 heteroatoms. The van der Waals surface area contributed by atoms with Gasteiger partial charge in [0.05, 0.1) is 33.5 Å². The van der Waals surface area contributed by atoms with Crippen LogP contribution < -0.4 is 4.74 Å². The Morgan fingerprint density at radius 1 is 0.867 bits per heavy atom. The van der Waals surface area contributed by atoms with Crippen molar-refractivity contribution in [3.63, 3.8) is 0 Å². The molecule has 2 atom stereocenters. The standard InChI is InChI=1S/C24H27NO5/c1-28-24-21(17-29-15-18-8-4-2-5-9-18)20(12-13-25-24)23(22(27)14-26)30-16-19-10-6-3-7-11-19/h2-13,22-23,26-27H,14-17H2,1H3. The fourth-order valence-corrected chi connectivity index (χ4v) is 3.18. The van der Waals surface area contributed by atoms with Gasteiger partial charge in [-0.15, -0.1) is 0 Å². The molecule has 0 spiro atoms. The molecule has 0 amide bonds. The molecule has 0 fully saturated rings. The van der Waals surface area contributed by atoms with Crippen molar-refractivity contribution in [3.05, 3.63) is 95.2 Å². The zero-order valence-electron chi connectivity index (χ0n) is 17.0. The van der Waals surface area contributed by atoms with Crippen LogP contribution in [-0.2, 0) is 29.3 Å². The molecule has 1 heterocycles. The Morgan fingerprint density at radius 3 is 2.10 bits per heavy atom. The predicted molar refractivity (Wildman–Crippen MR) is 113 cm³/mol. The van der Waals surface area contributed by atoms with Crippen molar-refractivity contribution in [3.8, 4) is 5.88 Å². The highest BCUT2D eigenvalue weighted by Gasteiger charge is 2.26. The minimum absolute atomic E-state index is 0.227. The van der Waals surface area contributed by atoms with E-state index < -0.39 is 18.8 Å². The third-order valence-corrected chi connectivity index (χ3v) is 4.72. The maximum Gasteiger partial charge on any atom is 0.218 e. The van der Waals surface area contributed by atoms with Gasteiger partial charge < -0.3 is 24.4 Å². The fourth-order valence-electron chi connectivity index (χ4n) is 3.18. The van der Waals surface area contributed by atoms with Crippen LogP contribution in [0.4, 0.5) is 0 Å². The lowest BCUT2D eigenvalue weighted by Gasteiger charge is -2.25. The summed E-state index contributed by atoms with van der Waals surface area (Å²) in [5.41, 5.74) is 3.37. The molecule has 0 bridgehead atoms. The summed E-state index contributed by atoms with van der Waals surface area (Å²) >= 11 is 0. The molecule has 2 N–H and O–H groups in total. The van der Waals surface area contributed by atoms with Gasteiger partial charge in [0.25, 0.3) is 0 Å². The highest BCUT2D eigenvalue weighted by atomic mass is 16.5. The molecular weight excluding hydrogens is 382 g/mol. The Kier molecular flexibility index (Phi) is 8.35. The van der Waals surface area contributed by atoms with Crippen LogP contribution in [0, 0.1) is 0 Å². The summed E-state index contributed by atoms with van der Waals surface area (Å²) in [6.07, 6.45) is -0.270. The van der Waals surface area contributed by atoms with E-state index in [2.05, 4.69) is 4.98 Å². The average molecular weight is 409 g/mol. The molecule has 3 rings (SSSR count). The first-order valence-electron chi connectivity index (χ1n) is 9.80. The quantitative estimate of drug-likeness (QED) is 0.505.